The van der Waals surface area contributed by atoms with E-state index >= 15 is 0 Å². The first-order valence-electron chi connectivity index (χ1n) is 11.2. The van der Waals surface area contributed by atoms with Gasteiger partial charge in [0, 0.05) is 25.2 Å². The predicted octanol–water partition coefficient (Wildman–Crippen LogP) is 4.25. The molecule has 34 heavy (non-hydrogen) atoms. The first-order chi connectivity index (χ1) is 16.1. The molecule has 0 bridgehead atoms. The van der Waals surface area contributed by atoms with Crippen molar-refractivity contribution in [3.8, 4) is 5.75 Å². The molecule has 2 N–H and O–H groups in total. The average molecular weight is 485 g/mol. The number of aliphatic hydroxyl groups excluding tert-OH is 2. The summed E-state index contributed by atoms with van der Waals surface area (Å²) in [6.07, 6.45) is 3.19. The number of carbonyl (C=O) groups excluding carboxylic acids is 2. The number of unbranched alkanes of at least 4 members (excludes halogenated alkanes) is 2. The fourth-order valence-electron chi connectivity index (χ4n) is 3.72. The molecular formula is C25H31F3O6. The summed E-state index contributed by atoms with van der Waals surface area (Å²) in [7, 11) is 0. The number of ether oxygens (including phenoxy) is 2. The Morgan fingerprint density at radius 2 is 2.03 bits per heavy atom. The predicted molar refractivity (Wildman–Crippen MR) is 119 cm³/mol. The largest absolute Gasteiger partial charge is 0.491 e. The van der Waals surface area contributed by atoms with Gasteiger partial charge in [-0.15, -0.1) is 0 Å². The van der Waals surface area contributed by atoms with Crippen LogP contribution in [-0.4, -0.2) is 47.4 Å². The van der Waals surface area contributed by atoms with Crippen LogP contribution in [0.2, 0.25) is 0 Å². The minimum atomic E-state index is -4.49. The quantitative estimate of drug-likeness (QED) is 0.262. The molecule has 0 spiro atoms. The number of ketones is 1. The fourth-order valence-corrected chi connectivity index (χ4v) is 3.72. The SMILES string of the molecule is CC(=O)OCCCCC=CC[C@H]1C(=O)C[C@@H](O)[C@@H]1C=C[C@@H](O)COc1cccc(C(F)(F)F)c1. The minimum absolute atomic E-state index is 0.0192. The lowest BCUT2D eigenvalue weighted by molar-refractivity contribution is -0.141. The highest BCUT2D eigenvalue weighted by atomic mass is 19.4. The minimum Gasteiger partial charge on any atom is -0.491 e. The molecule has 0 unspecified atom stereocenters. The first kappa shape index (κ1) is 27.6. The number of halogens is 3. The van der Waals surface area contributed by atoms with E-state index < -0.39 is 35.8 Å². The molecule has 0 heterocycles. The Bertz CT molecular complexity index is 864. The second-order valence-corrected chi connectivity index (χ2v) is 8.25. The Morgan fingerprint density at radius 1 is 1.26 bits per heavy atom. The number of alkyl halides is 3. The number of Topliss-reactive ketones (excluding diaryl/α,β-unsaturated/α-hetero) is 1. The van der Waals surface area contributed by atoms with Gasteiger partial charge in [-0.05, 0) is 43.9 Å². The zero-order valence-corrected chi connectivity index (χ0v) is 19.0. The summed E-state index contributed by atoms with van der Waals surface area (Å²) >= 11 is 0. The highest BCUT2D eigenvalue weighted by Gasteiger charge is 2.39. The number of rotatable bonds is 12. The second-order valence-electron chi connectivity index (χ2n) is 8.25. The van der Waals surface area contributed by atoms with E-state index in [0.717, 1.165) is 31.4 Å². The number of benzene rings is 1. The highest BCUT2D eigenvalue weighted by molar-refractivity contribution is 5.84. The summed E-state index contributed by atoms with van der Waals surface area (Å²) in [5, 5.41) is 20.4. The van der Waals surface area contributed by atoms with Crippen LogP contribution in [-0.2, 0) is 20.5 Å². The summed E-state index contributed by atoms with van der Waals surface area (Å²) < 4.78 is 48.5. The maximum absolute atomic E-state index is 12.8. The molecule has 0 amide bonds. The van der Waals surface area contributed by atoms with E-state index in [0.29, 0.717) is 13.0 Å². The van der Waals surface area contributed by atoms with E-state index in [2.05, 4.69) is 0 Å². The Hall–Kier alpha value is -2.65. The van der Waals surface area contributed by atoms with Gasteiger partial charge in [-0.25, -0.2) is 0 Å². The molecule has 6 nitrogen and oxygen atoms in total. The number of hydrogen-bond acceptors (Lipinski definition) is 6. The second kappa shape index (κ2) is 13.3. The maximum atomic E-state index is 12.8. The van der Waals surface area contributed by atoms with E-state index in [1.165, 1.54) is 25.1 Å². The lowest BCUT2D eigenvalue weighted by Crippen LogP contribution is -2.20. The zero-order valence-electron chi connectivity index (χ0n) is 19.0. The zero-order chi connectivity index (χ0) is 25.1. The fraction of sp³-hybridized carbons (Fsp3) is 0.520. The van der Waals surface area contributed by atoms with E-state index in [1.54, 1.807) is 6.08 Å². The van der Waals surface area contributed by atoms with Crippen molar-refractivity contribution in [2.75, 3.05) is 13.2 Å². The molecule has 9 heteroatoms. The lowest BCUT2D eigenvalue weighted by atomic mass is 9.90. The van der Waals surface area contributed by atoms with Gasteiger partial charge in [0.2, 0.25) is 0 Å². The van der Waals surface area contributed by atoms with Crippen LogP contribution in [0.4, 0.5) is 13.2 Å². The molecule has 0 saturated heterocycles. The van der Waals surface area contributed by atoms with Crippen LogP contribution in [0, 0.1) is 11.8 Å². The molecule has 1 aliphatic rings. The van der Waals surface area contributed by atoms with Crippen LogP contribution in [0.5, 0.6) is 5.75 Å². The molecule has 0 aliphatic heterocycles. The van der Waals surface area contributed by atoms with Crippen LogP contribution < -0.4 is 4.74 Å². The Morgan fingerprint density at radius 3 is 2.74 bits per heavy atom. The van der Waals surface area contributed by atoms with Gasteiger partial charge in [-0.3, -0.25) is 9.59 Å². The summed E-state index contributed by atoms with van der Waals surface area (Å²) in [4.78, 5) is 23.0. The Balaban J connectivity index is 1.82. The molecular weight excluding hydrogens is 453 g/mol. The van der Waals surface area contributed by atoms with Crippen molar-refractivity contribution < 1.29 is 42.4 Å². The Labute approximate surface area is 197 Å². The smallest absolute Gasteiger partial charge is 0.416 e. The third-order valence-electron chi connectivity index (χ3n) is 5.50. The van der Waals surface area contributed by atoms with Crippen molar-refractivity contribution in [3.63, 3.8) is 0 Å². The number of carbonyl (C=O) groups is 2. The van der Waals surface area contributed by atoms with E-state index in [9.17, 15) is 33.0 Å². The van der Waals surface area contributed by atoms with Gasteiger partial charge in [-0.1, -0.05) is 30.4 Å². The van der Waals surface area contributed by atoms with Crippen LogP contribution in [0.3, 0.4) is 0 Å². The van der Waals surface area contributed by atoms with Gasteiger partial charge in [0.15, 0.2) is 0 Å². The third kappa shape index (κ3) is 9.30. The average Bonchev–Trinajstić information content (AvgIpc) is 3.04. The monoisotopic (exact) mass is 484 g/mol. The van der Waals surface area contributed by atoms with Crippen molar-refractivity contribution in [2.24, 2.45) is 11.8 Å². The molecule has 4 atom stereocenters. The molecule has 1 aromatic rings. The van der Waals surface area contributed by atoms with Crippen molar-refractivity contribution in [1.82, 2.24) is 0 Å². The van der Waals surface area contributed by atoms with Gasteiger partial charge in [0.05, 0.1) is 18.3 Å². The van der Waals surface area contributed by atoms with Crippen LogP contribution in [0.1, 0.15) is 44.6 Å². The Kier molecular flexibility index (Phi) is 10.8. The van der Waals surface area contributed by atoms with Gasteiger partial charge < -0.3 is 19.7 Å². The molecule has 188 valence electrons. The van der Waals surface area contributed by atoms with Gasteiger partial charge in [0.25, 0.3) is 0 Å². The standard InChI is InChI=1S/C25H31F3O6/c1-17(29)33-13-6-4-2-3-5-10-21-22(24(32)15-23(21)31)12-11-19(30)16-34-20-9-7-8-18(14-20)25(26,27)28/h3,5,7-9,11-12,14,19,21-22,24,30,32H,2,4,6,10,13,15-16H2,1H3/t19-,21-,22-,24-/m1/s1. The molecule has 0 radical (unpaired) electrons. The van der Waals surface area contributed by atoms with Crippen LogP contribution in [0.15, 0.2) is 48.6 Å². The molecule has 1 aromatic carbocycles. The topological polar surface area (TPSA) is 93.1 Å². The molecule has 0 aromatic heterocycles. The van der Waals surface area contributed by atoms with Crippen LogP contribution in [0.25, 0.3) is 0 Å². The number of hydrogen-bond donors (Lipinski definition) is 2. The summed E-state index contributed by atoms with van der Waals surface area (Å²) in [6, 6.07) is 4.37. The first-order valence-corrected chi connectivity index (χ1v) is 11.2. The molecule has 1 saturated carbocycles. The number of esters is 1. The molecule has 1 aliphatic carbocycles. The van der Waals surface area contributed by atoms with Crippen molar-refractivity contribution in [2.45, 2.75) is 57.4 Å². The van der Waals surface area contributed by atoms with Gasteiger partial charge in [-0.2, -0.15) is 13.2 Å². The lowest BCUT2D eigenvalue weighted by Gasteiger charge is -2.17. The van der Waals surface area contributed by atoms with Crippen molar-refractivity contribution >= 4 is 11.8 Å². The molecule has 1 fully saturated rings. The van der Waals surface area contributed by atoms with E-state index in [4.69, 9.17) is 9.47 Å². The van der Waals surface area contributed by atoms with E-state index in [1.807, 2.05) is 12.2 Å². The normalized spacial score (nSPS) is 21.9. The van der Waals surface area contributed by atoms with Crippen molar-refractivity contribution in [3.05, 3.63) is 54.1 Å². The van der Waals surface area contributed by atoms with Crippen molar-refractivity contribution in [1.29, 1.82) is 0 Å². The number of allylic oxidation sites excluding steroid dienone is 2. The maximum Gasteiger partial charge on any atom is 0.416 e. The van der Waals surface area contributed by atoms with Gasteiger partial charge in [0.1, 0.15) is 24.2 Å². The number of aliphatic hydroxyl groups is 2. The highest BCUT2D eigenvalue weighted by Crippen LogP contribution is 2.34. The van der Waals surface area contributed by atoms with E-state index in [-0.39, 0.29) is 30.5 Å². The third-order valence-corrected chi connectivity index (χ3v) is 5.50. The summed E-state index contributed by atoms with van der Waals surface area (Å²) in [5.41, 5.74) is -0.845. The molecule has 2 rings (SSSR count). The van der Waals surface area contributed by atoms with Crippen LogP contribution >= 0.6 is 0 Å². The summed E-state index contributed by atoms with van der Waals surface area (Å²) in [5.74, 6) is -1.27. The summed E-state index contributed by atoms with van der Waals surface area (Å²) in [6.45, 7) is 1.47. The van der Waals surface area contributed by atoms with Gasteiger partial charge >= 0.3 is 12.1 Å².